The normalized spacial score (nSPS) is 20.2. The number of anilines is 1. The lowest BCUT2D eigenvalue weighted by Crippen LogP contribution is -2.31. The highest BCUT2D eigenvalue weighted by Gasteiger charge is 2.39. The van der Waals surface area contributed by atoms with E-state index in [1.165, 1.54) is 0 Å². The molecule has 0 bridgehead atoms. The first-order valence-electron chi connectivity index (χ1n) is 5.23. The second-order valence-electron chi connectivity index (χ2n) is 4.05. The van der Waals surface area contributed by atoms with Crippen molar-refractivity contribution in [2.45, 2.75) is 13.3 Å². The number of imide groups is 1. The van der Waals surface area contributed by atoms with Gasteiger partial charge in [-0.15, -0.1) is 0 Å². The maximum atomic E-state index is 12.6. The summed E-state index contributed by atoms with van der Waals surface area (Å²) in [4.78, 5) is 24.6. The number of carbonyl (C=O) groups is 2. The fourth-order valence-electron chi connectivity index (χ4n) is 1.94. The molecule has 0 aromatic heterocycles. The van der Waals surface area contributed by atoms with Gasteiger partial charge in [0.15, 0.2) is 0 Å². The first-order valence-corrected chi connectivity index (χ1v) is 6.03. The molecule has 1 heterocycles. The molecule has 3 nitrogen and oxygen atoms in total. The van der Waals surface area contributed by atoms with Crippen LogP contribution in [0.1, 0.15) is 12.0 Å². The summed E-state index contributed by atoms with van der Waals surface area (Å²) in [6.07, 6.45) is -0.0369. The van der Waals surface area contributed by atoms with Gasteiger partial charge in [-0.25, -0.2) is 4.90 Å². The van der Waals surface area contributed by atoms with Crippen LogP contribution in [0.25, 0.3) is 0 Å². The van der Waals surface area contributed by atoms with Gasteiger partial charge in [-0.05, 0) is 30.7 Å². The molecule has 90 valence electrons. The van der Waals surface area contributed by atoms with Crippen LogP contribution < -0.4 is 4.90 Å². The van der Waals surface area contributed by atoms with Crippen LogP contribution in [-0.2, 0) is 9.59 Å². The molecule has 2 rings (SSSR count). The van der Waals surface area contributed by atoms with Crippen LogP contribution in [-0.4, -0.2) is 18.5 Å². The molecule has 1 unspecified atom stereocenters. The van der Waals surface area contributed by atoms with E-state index in [1.807, 2.05) is 13.0 Å². The molecule has 0 aliphatic carbocycles. The maximum absolute atomic E-state index is 12.6. The number of benzene rings is 1. The van der Waals surface area contributed by atoms with E-state index in [-0.39, 0.29) is 12.3 Å². The van der Waals surface area contributed by atoms with Crippen molar-refractivity contribution in [2.24, 2.45) is 5.92 Å². The first kappa shape index (κ1) is 12.2. The Bertz CT molecular complexity index is 489. The van der Waals surface area contributed by atoms with Crippen molar-refractivity contribution in [1.29, 1.82) is 0 Å². The third-order valence-corrected chi connectivity index (χ3v) is 3.32. The van der Waals surface area contributed by atoms with Gasteiger partial charge in [-0.2, -0.15) is 0 Å². The van der Waals surface area contributed by atoms with Crippen LogP contribution in [0.4, 0.5) is 10.1 Å². The molecule has 1 aliphatic rings. The van der Waals surface area contributed by atoms with E-state index in [9.17, 15) is 14.0 Å². The van der Waals surface area contributed by atoms with E-state index in [1.54, 1.807) is 12.1 Å². The highest BCUT2D eigenvalue weighted by Crippen LogP contribution is 2.30. The Balaban J connectivity index is 2.40. The molecule has 1 aromatic carbocycles. The zero-order valence-corrected chi connectivity index (χ0v) is 10.8. The maximum Gasteiger partial charge on any atom is 0.240 e. The topological polar surface area (TPSA) is 37.4 Å². The minimum atomic E-state index is -0.814. The molecule has 0 spiro atoms. The van der Waals surface area contributed by atoms with E-state index < -0.39 is 18.5 Å². The second kappa shape index (κ2) is 4.56. The Morgan fingerprint density at radius 3 is 2.71 bits per heavy atom. The molecule has 1 aromatic rings. The molecule has 2 amide bonds. The van der Waals surface area contributed by atoms with Gasteiger partial charge in [0.05, 0.1) is 11.6 Å². The summed E-state index contributed by atoms with van der Waals surface area (Å²) in [5.41, 5.74) is 1.35. The number of hydrogen-bond donors (Lipinski definition) is 0. The van der Waals surface area contributed by atoms with Gasteiger partial charge in [0, 0.05) is 10.9 Å². The predicted molar refractivity (Wildman–Crippen MR) is 65.5 cm³/mol. The van der Waals surface area contributed by atoms with E-state index >= 15 is 0 Å². The Morgan fingerprint density at radius 1 is 1.47 bits per heavy atom. The number of nitrogens with zero attached hydrogens (tertiary/aromatic N) is 1. The van der Waals surface area contributed by atoms with E-state index in [0.29, 0.717) is 5.69 Å². The average molecular weight is 300 g/mol. The van der Waals surface area contributed by atoms with Crippen LogP contribution in [0.3, 0.4) is 0 Å². The van der Waals surface area contributed by atoms with E-state index in [2.05, 4.69) is 15.9 Å². The SMILES string of the molecule is Cc1cc(Br)ccc1N1C(=O)CC(CF)C1=O. The fourth-order valence-corrected chi connectivity index (χ4v) is 2.41. The van der Waals surface area contributed by atoms with Gasteiger partial charge in [-0.3, -0.25) is 14.0 Å². The summed E-state index contributed by atoms with van der Waals surface area (Å²) >= 11 is 3.31. The molecule has 17 heavy (non-hydrogen) atoms. The highest BCUT2D eigenvalue weighted by atomic mass is 79.9. The van der Waals surface area contributed by atoms with Crippen LogP contribution in [0.15, 0.2) is 22.7 Å². The number of hydrogen-bond acceptors (Lipinski definition) is 2. The minimum Gasteiger partial charge on any atom is -0.274 e. The van der Waals surface area contributed by atoms with Crippen LogP contribution in [0.2, 0.25) is 0 Å². The summed E-state index contributed by atoms with van der Waals surface area (Å²) < 4.78 is 13.4. The molecule has 0 radical (unpaired) electrons. The van der Waals surface area contributed by atoms with Crippen molar-refractivity contribution in [3.63, 3.8) is 0 Å². The minimum absolute atomic E-state index is 0.0369. The summed E-state index contributed by atoms with van der Waals surface area (Å²) in [6, 6.07) is 5.26. The lowest BCUT2D eigenvalue weighted by Gasteiger charge is -2.17. The second-order valence-corrected chi connectivity index (χ2v) is 4.97. The lowest BCUT2D eigenvalue weighted by atomic mass is 10.1. The third-order valence-electron chi connectivity index (χ3n) is 2.83. The van der Waals surface area contributed by atoms with Gasteiger partial charge in [0.1, 0.15) is 6.67 Å². The Morgan fingerprint density at radius 2 is 2.18 bits per heavy atom. The molecule has 0 N–H and O–H groups in total. The monoisotopic (exact) mass is 299 g/mol. The summed E-state index contributed by atoms with van der Waals surface area (Å²) in [6.45, 7) is 1.03. The van der Waals surface area contributed by atoms with Gasteiger partial charge >= 0.3 is 0 Å². The van der Waals surface area contributed by atoms with Gasteiger partial charge in [0.25, 0.3) is 0 Å². The number of aryl methyl sites for hydroxylation is 1. The van der Waals surface area contributed by atoms with Gasteiger partial charge < -0.3 is 0 Å². The molecule has 1 fully saturated rings. The van der Waals surface area contributed by atoms with E-state index in [0.717, 1.165) is 14.9 Å². The molecular formula is C12H11BrFNO2. The average Bonchev–Trinajstić information content (AvgIpc) is 2.55. The van der Waals surface area contributed by atoms with Gasteiger partial charge in [-0.1, -0.05) is 15.9 Å². The van der Waals surface area contributed by atoms with Crippen molar-refractivity contribution in [1.82, 2.24) is 0 Å². The third kappa shape index (κ3) is 2.11. The summed E-state index contributed by atoms with van der Waals surface area (Å²) in [7, 11) is 0. The fraction of sp³-hybridized carbons (Fsp3) is 0.333. The number of alkyl halides is 1. The largest absolute Gasteiger partial charge is 0.274 e. The first-order chi connectivity index (χ1) is 8.04. The Kier molecular flexibility index (Phi) is 3.28. The van der Waals surface area contributed by atoms with Crippen molar-refractivity contribution in [3.05, 3.63) is 28.2 Å². The lowest BCUT2D eigenvalue weighted by molar-refractivity contribution is -0.122. The van der Waals surface area contributed by atoms with Crippen molar-refractivity contribution < 1.29 is 14.0 Å². The number of rotatable bonds is 2. The van der Waals surface area contributed by atoms with Crippen molar-refractivity contribution in [3.8, 4) is 0 Å². The molecule has 1 saturated heterocycles. The molecule has 1 aliphatic heterocycles. The summed E-state index contributed by atoms with van der Waals surface area (Å²) in [5.74, 6) is -1.59. The van der Waals surface area contributed by atoms with Crippen molar-refractivity contribution in [2.75, 3.05) is 11.6 Å². The number of carbonyl (C=O) groups excluding carboxylic acids is 2. The van der Waals surface area contributed by atoms with E-state index in [4.69, 9.17) is 0 Å². The predicted octanol–water partition coefficient (Wildman–Crippen LogP) is 2.61. The molecule has 0 saturated carbocycles. The molecule has 5 heteroatoms. The molecular weight excluding hydrogens is 289 g/mol. The van der Waals surface area contributed by atoms with Gasteiger partial charge in [0.2, 0.25) is 11.8 Å². The van der Waals surface area contributed by atoms with Crippen molar-refractivity contribution >= 4 is 33.4 Å². The standard InChI is InChI=1S/C12H11BrFNO2/c1-7-4-9(13)2-3-10(7)15-11(16)5-8(6-14)12(15)17/h2-4,8H,5-6H2,1H3. The zero-order valence-electron chi connectivity index (χ0n) is 9.24. The van der Waals surface area contributed by atoms with Crippen LogP contribution in [0.5, 0.6) is 0 Å². The Labute approximate surface area is 107 Å². The Hall–Kier alpha value is -1.23. The quantitative estimate of drug-likeness (QED) is 0.787. The number of amides is 2. The number of halogens is 2. The zero-order chi connectivity index (χ0) is 12.6. The van der Waals surface area contributed by atoms with Crippen LogP contribution in [0, 0.1) is 12.8 Å². The summed E-state index contributed by atoms with van der Waals surface area (Å²) in [5, 5.41) is 0. The molecule has 1 atom stereocenters. The van der Waals surface area contributed by atoms with Crippen LogP contribution >= 0.6 is 15.9 Å². The smallest absolute Gasteiger partial charge is 0.240 e. The highest BCUT2D eigenvalue weighted by molar-refractivity contribution is 9.10.